The van der Waals surface area contributed by atoms with Crippen LogP contribution >= 0.6 is 0 Å². The second-order valence-electron chi connectivity index (χ2n) is 7.64. The molecule has 8 nitrogen and oxygen atoms in total. The lowest BCUT2D eigenvalue weighted by Gasteiger charge is -2.20. The van der Waals surface area contributed by atoms with E-state index in [9.17, 15) is 4.79 Å². The number of alkyl carbamates (subject to hydrolysis) is 1. The molecule has 1 aromatic carbocycles. The molecular formula is C20H27N5O3. The second kappa shape index (κ2) is 7.63. The highest BCUT2D eigenvalue weighted by atomic mass is 16.6. The Morgan fingerprint density at radius 1 is 1.29 bits per heavy atom. The number of carbonyl (C=O) groups excluding carboxylic acids is 1. The Morgan fingerprint density at radius 3 is 2.68 bits per heavy atom. The van der Waals surface area contributed by atoms with E-state index in [0.29, 0.717) is 24.4 Å². The molecule has 0 bridgehead atoms. The maximum absolute atomic E-state index is 12.0. The number of benzene rings is 1. The smallest absolute Gasteiger partial charge is 0.407 e. The predicted octanol–water partition coefficient (Wildman–Crippen LogP) is 3.40. The van der Waals surface area contributed by atoms with Crippen LogP contribution in [0.4, 0.5) is 10.6 Å². The number of amides is 1. The van der Waals surface area contributed by atoms with Crippen LogP contribution in [0.5, 0.6) is 0 Å². The maximum atomic E-state index is 12.0. The summed E-state index contributed by atoms with van der Waals surface area (Å²) in [7, 11) is 1.63. The molecule has 2 heterocycles. The Bertz CT molecular complexity index is 1010. The minimum absolute atomic E-state index is 0.243. The number of fused-ring (bicyclic) bond motifs is 3. The van der Waals surface area contributed by atoms with Crippen molar-refractivity contribution >= 4 is 33.8 Å². The van der Waals surface area contributed by atoms with Gasteiger partial charge in [-0.3, -0.25) is 0 Å². The molecule has 0 aliphatic carbocycles. The number of aromatic nitrogens is 3. The van der Waals surface area contributed by atoms with Crippen LogP contribution in [0.2, 0.25) is 0 Å². The molecule has 1 atom stereocenters. The van der Waals surface area contributed by atoms with E-state index in [1.807, 2.05) is 56.5 Å². The number of carbonyl (C=O) groups is 1. The SMILES string of the molecule is COC(C)c1nc2c(N)nc3ccccc3c2n1CCNC(=O)OC(C)(C)C. The topological polar surface area (TPSA) is 104 Å². The molecule has 0 saturated heterocycles. The lowest BCUT2D eigenvalue weighted by Crippen LogP contribution is -2.34. The van der Waals surface area contributed by atoms with Gasteiger partial charge in [0.2, 0.25) is 0 Å². The number of anilines is 1. The lowest BCUT2D eigenvalue weighted by molar-refractivity contribution is 0.0525. The molecule has 3 rings (SSSR count). The van der Waals surface area contributed by atoms with E-state index in [-0.39, 0.29) is 6.10 Å². The molecule has 0 radical (unpaired) electrons. The zero-order chi connectivity index (χ0) is 20.5. The summed E-state index contributed by atoms with van der Waals surface area (Å²) in [5.74, 6) is 1.10. The van der Waals surface area contributed by atoms with E-state index in [2.05, 4.69) is 10.3 Å². The monoisotopic (exact) mass is 385 g/mol. The molecule has 3 aromatic rings. The third-order valence-corrected chi connectivity index (χ3v) is 4.36. The van der Waals surface area contributed by atoms with Gasteiger partial charge in [-0.15, -0.1) is 0 Å². The molecule has 8 heteroatoms. The van der Waals surface area contributed by atoms with Crippen LogP contribution in [0.1, 0.15) is 39.6 Å². The van der Waals surface area contributed by atoms with Crippen molar-refractivity contribution in [1.29, 1.82) is 0 Å². The van der Waals surface area contributed by atoms with E-state index < -0.39 is 11.7 Å². The summed E-state index contributed by atoms with van der Waals surface area (Å²) in [5, 5.41) is 3.74. The Hall–Kier alpha value is -2.87. The number of nitrogens with zero attached hydrogens (tertiary/aromatic N) is 3. The molecule has 0 saturated carbocycles. The van der Waals surface area contributed by atoms with Crippen LogP contribution in [0.25, 0.3) is 21.9 Å². The van der Waals surface area contributed by atoms with Crippen molar-refractivity contribution in [2.24, 2.45) is 0 Å². The van der Waals surface area contributed by atoms with E-state index in [1.165, 1.54) is 0 Å². The summed E-state index contributed by atoms with van der Waals surface area (Å²) >= 11 is 0. The number of nitrogens with one attached hydrogen (secondary N) is 1. The Morgan fingerprint density at radius 2 is 2.00 bits per heavy atom. The highest BCUT2D eigenvalue weighted by Gasteiger charge is 2.21. The van der Waals surface area contributed by atoms with Crippen molar-refractivity contribution in [2.75, 3.05) is 19.4 Å². The van der Waals surface area contributed by atoms with Crippen molar-refractivity contribution < 1.29 is 14.3 Å². The third kappa shape index (κ3) is 4.01. The normalized spacial score (nSPS) is 13.0. The number of rotatable bonds is 5. The number of hydrogen-bond acceptors (Lipinski definition) is 6. The number of ether oxygens (including phenoxy) is 2. The van der Waals surface area contributed by atoms with Gasteiger partial charge >= 0.3 is 6.09 Å². The summed E-state index contributed by atoms with van der Waals surface area (Å²) in [5.41, 5.74) is 7.94. The summed E-state index contributed by atoms with van der Waals surface area (Å²) in [6, 6.07) is 7.78. The summed E-state index contributed by atoms with van der Waals surface area (Å²) in [4.78, 5) is 21.1. The van der Waals surface area contributed by atoms with Crippen LogP contribution in [-0.2, 0) is 16.0 Å². The number of hydrogen-bond donors (Lipinski definition) is 2. The summed E-state index contributed by atoms with van der Waals surface area (Å²) in [6.45, 7) is 8.28. The van der Waals surface area contributed by atoms with Crippen molar-refractivity contribution in [2.45, 2.75) is 45.9 Å². The van der Waals surface area contributed by atoms with Gasteiger partial charge in [0.05, 0.1) is 11.0 Å². The van der Waals surface area contributed by atoms with Crippen molar-refractivity contribution in [3.63, 3.8) is 0 Å². The number of nitrogen functional groups attached to an aromatic ring is 1. The van der Waals surface area contributed by atoms with Crippen molar-refractivity contribution in [3.05, 3.63) is 30.1 Å². The van der Waals surface area contributed by atoms with E-state index in [1.54, 1.807) is 7.11 Å². The fraction of sp³-hybridized carbons (Fsp3) is 0.450. The highest BCUT2D eigenvalue weighted by Crippen LogP contribution is 2.31. The second-order valence-corrected chi connectivity index (χ2v) is 7.64. The first-order valence-corrected chi connectivity index (χ1v) is 9.25. The number of methoxy groups -OCH3 is 1. The van der Waals surface area contributed by atoms with E-state index in [0.717, 1.165) is 22.2 Å². The summed E-state index contributed by atoms with van der Waals surface area (Å²) in [6.07, 6.45) is -0.698. The van der Waals surface area contributed by atoms with Gasteiger partial charge in [-0.25, -0.2) is 14.8 Å². The fourth-order valence-corrected chi connectivity index (χ4v) is 3.10. The van der Waals surface area contributed by atoms with E-state index in [4.69, 9.17) is 20.2 Å². The first kappa shape index (κ1) is 19.9. The van der Waals surface area contributed by atoms with Gasteiger partial charge in [-0.05, 0) is 33.8 Å². The minimum atomic E-state index is -0.544. The Kier molecular flexibility index (Phi) is 5.42. The lowest BCUT2D eigenvalue weighted by atomic mass is 10.2. The minimum Gasteiger partial charge on any atom is -0.444 e. The fourth-order valence-electron chi connectivity index (χ4n) is 3.10. The molecule has 0 fully saturated rings. The molecule has 0 spiro atoms. The van der Waals surface area contributed by atoms with Crippen molar-refractivity contribution in [3.8, 4) is 0 Å². The van der Waals surface area contributed by atoms with Gasteiger partial charge in [0, 0.05) is 25.6 Å². The molecule has 28 heavy (non-hydrogen) atoms. The molecule has 150 valence electrons. The number of nitrogens with two attached hydrogens (primary N) is 1. The number of para-hydroxylation sites is 1. The summed E-state index contributed by atoms with van der Waals surface area (Å²) < 4.78 is 12.8. The van der Waals surface area contributed by atoms with Crippen LogP contribution in [-0.4, -0.2) is 39.9 Å². The quantitative estimate of drug-likeness (QED) is 0.697. The van der Waals surface area contributed by atoms with Gasteiger partial charge in [0.25, 0.3) is 0 Å². The predicted molar refractivity (Wildman–Crippen MR) is 109 cm³/mol. The molecule has 2 aromatic heterocycles. The highest BCUT2D eigenvalue weighted by molar-refractivity contribution is 6.06. The van der Waals surface area contributed by atoms with Gasteiger partial charge in [0.15, 0.2) is 5.82 Å². The van der Waals surface area contributed by atoms with Gasteiger partial charge in [-0.1, -0.05) is 18.2 Å². The maximum Gasteiger partial charge on any atom is 0.407 e. The van der Waals surface area contributed by atoms with Gasteiger partial charge < -0.3 is 25.1 Å². The molecule has 1 unspecified atom stereocenters. The zero-order valence-corrected chi connectivity index (χ0v) is 16.9. The van der Waals surface area contributed by atoms with Gasteiger partial charge in [0.1, 0.15) is 23.0 Å². The average molecular weight is 385 g/mol. The first-order valence-electron chi connectivity index (χ1n) is 9.25. The molecule has 3 N–H and O–H groups in total. The Labute approximate surface area is 164 Å². The first-order chi connectivity index (χ1) is 13.2. The third-order valence-electron chi connectivity index (χ3n) is 4.36. The molecular weight excluding hydrogens is 358 g/mol. The molecule has 0 aliphatic rings. The average Bonchev–Trinajstić information content (AvgIpc) is 3.00. The molecule has 1 amide bonds. The Balaban J connectivity index is 2.00. The largest absolute Gasteiger partial charge is 0.444 e. The van der Waals surface area contributed by atoms with Crippen LogP contribution in [0, 0.1) is 0 Å². The standard InChI is InChI=1S/C20H27N5O3/c1-12(27-5)18-24-15-16(13-8-6-7-9-14(13)23-17(15)21)25(18)11-10-22-19(26)28-20(2,3)4/h6-9,12H,10-11H2,1-5H3,(H2,21,23)(H,22,26). The zero-order valence-electron chi connectivity index (χ0n) is 16.9. The molecule has 0 aliphatic heterocycles. The van der Waals surface area contributed by atoms with Gasteiger partial charge in [-0.2, -0.15) is 0 Å². The van der Waals surface area contributed by atoms with Crippen molar-refractivity contribution in [1.82, 2.24) is 19.9 Å². The van der Waals surface area contributed by atoms with Crippen LogP contribution in [0.15, 0.2) is 24.3 Å². The van der Waals surface area contributed by atoms with E-state index >= 15 is 0 Å². The van der Waals surface area contributed by atoms with Crippen LogP contribution < -0.4 is 11.1 Å². The number of pyridine rings is 1. The van der Waals surface area contributed by atoms with Crippen LogP contribution in [0.3, 0.4) is 0 Å². The number of imidazole rings is 1.